The number of nitriles is 1. The van der Waals surface area contributed by atoms with Crippen molar-refractivity contribution in [1.29, 1.82) is 5.26 Å². The van der Waals surface area contributed by atoms with Gasteiger partial charge < -0.3 is 10.6 Å². The zero-order valence-electron chi connectivity index (χ0n) is 20.5. The Kier molecular flexibility index (Phi) is 5.71. The van der Waals surface area contributed by atoms with E-state index in [1.54, 1.807) is 47.5 Å². The summed E-state index contributed by atoms with van der Waals surface area (Å²) < 4.78 is 38.5. The Bertz CT molecular complexity index is 1750. The van der Waals surface area contributed by atoms with Crippen LogP contribution < -0.4 is 10.6 Å². The number of nitrogens with zero attached hydrogens (tertiary/aromatic N) is 7. The van der Waals surface area contributed by atoms with Gasteiger partial charge in [-0.2, -0.15) is 9.65 Å². The molecule has 0 radical (unpaired) electrons. The van der Waals surface area contributed by atoms with E-state index in [4.69, 9.17) is 11.6 Å². The van der Waals surface area contributed by atoms with Crippen LogP contribution in [0.1, 0.15) is 43.1 Å². The summed E-state index contributed by atoms with van der Waals surface area (Å²) in [6, 6.07) is 8.40. The van der Waals surface area contributed by atoms with Gasteiger partial charge in [-0.3, -0.25) is 9.97 Å². The van der Waals surface area contributed by atoms with Gasteiger partial charge in [-0.05, 0) is 36.6 Å². The molecule has 0 spiro atoms. The fourth-order valence-electron chi connectivity index (χ4n) is 4.03. The predicted octanol–water partition coefficient (Wildman–Crippen LogP) is 5.70. The van der Waals surface area contributed by atoms with Crippen molar-refractivity contribution >= 4 is 39.6 Å². The van der Waals surface area contributed by atoms with Gasteiger partial charge >= 0.3 is 0 Å². The van der Waals surface area contributed by atoms with Crippen molar-refractivity contribution in [2.24, 2.45) is 0 Å². The highest BCUT2D eigenvalue weighted by atomic mass is 35.5. The second-order valence-electron chi connectivity index (χ2n) is 8.69. The molecular formula is C26H18ClF2N9. The summed E-state index contributed by atoms with van der Waals surface area (Å²) in [7, 11) is 0. The van der Waals surface area contributed by atoms with Crippen LogP contribution in [0, 0.1) is 23.1 Å². The minimum absolute atomic E-state index is 0.120. The van der Waals surface area contributed by atoms with E-state index >= 15 is 0 Å². The zero-order valence-corrected chi connectivity index (χ0v) is 20.3. The summed E-state index contributed by atoms with van der Waals surface area (Å²) in [6.45, 7) is 0. The summed E-state index contributed by atoms with van der Waals surface area (Å²) in [5.74, 6) is -2.39. The molecule has 1 atom stereocenters. The monoisotopic (exact) mass is 530 g/mol. The summed E-state index contributed by atoms with van der Waals surface area (Å²) in [5.41, 5.74) is 2.16. The topological polar surface area (TPSA) is 117 Å². The highest BCUT2D eigenvalue weighted by Crippen LogP contribution is 2.38. The van der Waals surface area contributed by atoms with Gasteiger partial charge in [0.1, 0.15) is 11.8 Å². The first-order valence-electron chi connectivity index (χ1n) is 12.1. The van der Waals surface area contributed by atoms with Crippen molar-refractivity contribution < 1.29 is 10.2 Å². The minimum atomic E-state index is -1.60. The maximum absolute atomic E-state index is 13.8. The van der Waals surface area contributed by atoms with Gasteiger partial charge in [0, 0.05) is 35.7 Å². The third kappa shape index (κ3) is 4.57. The maximum Gasteiger partial charge on any atom is 0.249 e. The molecule has 1 unspecified atom stereocenters. The number of hydrogen-bond donors (Lipinski definition) is 2. The molecule has 6 rings (SSSR count). The fourth-order valence-corrected chi connectivity index (χ4v) is 4.30. The van der Waals surface area contributed by atoms with Crippen molar-refractivity contribution in [2.75, 3.05) is 10.6 Å². The number of halogens is 3. The third-order valence-corrected chi connectivity index (χ3v) is 6.31. The van der Waals surface area contributed by atoms with Crippen molar-refractivity contribution in [2.45, 2.75) is 24.9 Å². The standard InChI is InChI=1S/C26H18ClF2N9/c27-20-7-16(34-24(14-2-1-5-31-10-14)22-13-38(37-36-22)18-3-4-18)6-19-23(15(9-30)11-32-25(19)20)35-17-8-21(28)26(29)33-12-17/h1-2,5-8,10-13,18,24,34H,3-4H2,(H,32,35)/i24D. The van der Waals surface area contributed by atoms with Crippen molar-refractivity contribution in [1.82, 2.24) is 29.9 Å². The lowest BCUT2D eigenvalue weighted by molar-refractivity contribution is 0.480. The van der Waals surface area contributed by atoms with E-state index in [1.807, 2.05) is 6.07 Å². The lowest BCUT2D eigenvalue weighted by atomic mass is 10.0. The number of hydrogen-bond acceptors (Lipinski definition) is 8. The molecule has 38 heavy (non-hydrogen) atoms. The molecule has 0 saturated heterocycles. The average molecular weight is 531 g/mol. The Balaban J connectivity index is 1.47. The Labute approximate surface area is 221 Å². The maximum atomic E-state index is 13.8. The molecule has 12 heteroatoms. The molecule has 0 aliphatic heterocycles. The molecule has 5 aromatic rings. The minimum Gasteiger partial charge on any atom is -0.373 e. The molecule has 1 aliphatic rings. The van der Waals surface area contributed by atoms with Crippen molar-refractivity contribution in [3.05, 3.63) is 94.9 Å². The van der Waals surface area contributed by atoms with E-state index in [0.29, 0.717) is 27.8 Å². The number of fused-ring (bicyclic) bond motifs is 1. The van der Waals surface area contributed by atoms with Crippen molar-refractivity contribution in [3.8, 4) is 6.07 Å². The number of aromatic nitrogens is 6. The van der Waals surface area contributed by atoms with Crippen LogP contribution in [0.3, 0.4) is 0 Å². The molecule has 1 aromatic carbocycles. The van der Waals surface area contributed by atoms with Crippen LogP contribution in [0.5, 0.6) is 0 Å². The van der Waals surface area contributed by atoms with Gasteiger partial charge in [0.2, 0.25) is 5.95 Å². The second kappa shape index (κ2) is 9.64. The number of nitrogens with one attached hydrogen (secondary N) is 2. The van der Waals surface area contributed by atoms with Gasteiger partial charge in [-0.1, -0.05) is 22.9 Å². The van der Waals surface area contributed by atoms with E-state index in [9.17, 15) is 15.4 Å². The molecule has 1 saturated carbocycles. The van der Waals surface area contributed by atoms with Crippen LogP contribution in [0.25, 0.3) is 10.9 Å². The number of benzene rings is 1. The van der Waals surface area contributed by atoms with Crippen LogP contribution in [-0.4, -0.2) is 29.9 Å². The Morgan fingerprint density at radius 3 is 2.76 bits per heavy atom. The van der Waals surface area contributed by atoms with Crippen LogP contribution in [-0.2, 0) is 0 Å². The molecular weight excluding hydrogens is 512 g/mol. The van der Waals surface area contributed by atoms with Gasteiger partial charge in [0.25, 0.3) is 0 Å². The molecule has 4 heterocycles. The van der Waals surface area contributed by atoms with E-state index in [2.05, 4.69) is 35.9 Å². The first-order valence-corrected chi connectivity index (χ1v) is 11.9. The van der Waals surface area contributed by atoms with Gasteiger partial charge in [0.15, 0.2) is 5.82 Å². The second-order valence-corrected chi connectivity index (χ2v) is 9.10. The smallest absolute Gasteiger partial charge is 0.249 e. The fraction of sp³-hybridized carbons (Fsp3) is 0.154. The number of rotatable bonds is 7. The highest BCUT2D eigenvalue weighted by Gasteiger charge is 2.27. The SMILES string of the molecule is [2H]C(Nc1cc(Cl)c2ncc(C#N)c(Nc3cnc(F)c(F)c3)c2c1)(c1cccnc1)c1cn(C2CC2)nn1. The first kappa shape index (κ1) is 22.5. The largest absolute Gasteiger partial charge is 0.373 e. The Morgan fingerprint density at radius 1 is 1.16 bits per heavy atom. The normalized spacial score (nSPS) is 14.9. The van der Waals surface area contributed by atoms with Crippen LogP contribution >= 0.6 is 11.6 Å². The predicted molar refractivity (Wildman–Crippen MR) is 137 cm³/mol. The molecule has 0 amide bonds. The molecule has 1 aliphatic carbocycles. The number of pyridine rings is 3. The molecule has 9 nitrogen and oxygen atoms in total. The quantitative estimate of drug-likeness (QED) is 0.257. The Hall–Kier alpha value is -4.69. The lowest BCUT2D eigenvalue weighted by Crippen LogP contribution is -2.13. The van der Waals surface area contributed by atoms with E-state index in [-0.39, 0.29) is 28.0 Å². The van der Waals surface area contributed by atoms with Gasteiger partial charge in [-0.15, -0.1) is 5.10 Å². The molecule has 1 fully saturated rings. The molecule has 4 aromatic heterocycles. The molecule has 0 bridgehead atoms. The number of anilines is 3. The lowest BCUT2D eigenvalue weighted by Gasteiger charge is -2.19. The van der Waals surface area contributed by atoms with E-state index in [0.717, 1.165) is 25.1 Å². The Morgan fingerprint density at radius 2 is 2.03 bits per heavy atom. The summed E-state index contributed by atoms with van der Waals surface area (Å²) >= 11 is 6.61. The van der Waals surface area contributed by atoms with Crippen LogP contribution in [0.15, 0.2) is 61.3 Å². The molecule has 2 N–H and O–H groups in total. The summed E-state index contributed by atoms with van der Waals surface area (Å²) in [6.07, 6.45) is 9.37. The first-order chi connectivity index (χ1) is 18.9. The zero-order chi connectivity index (χ0) is 27.1. The van der Waals surface area contributed by atoms with Crippen molar-refractivity contribution in [3.63, 3.8) is 0 Å². The van der Waals surface area contributed by atoms with Gasteiger partial charge in [-0.25, -0.2) is 14.1 Å². The van der Waals surface area contributed by atoms with E-state index in [1.165, 1.54) is 6.20 Å². The summed E-state index contributed by atoms with van der Waals surface area (Å²) in [4.78, 5) is 11.9. The highest BCUT2D eigenvalue weighted by molar-refractivity contribution is 6.36. The third-order valence-electron chi connectivity index (χ3n) is 6.02. The van der Waals surface area contributed by atoms with E-state index < -0.39 is 17.8 Å². The molecule has 188 valence electrons. The van der Waals surface area contributed by atoms with Gasteiger partial charge in [0.05, 0.1) is 53.3 Å². The average Bonchev–Trinajstić information content (AvgIpc) is 3.67. The van der Waals surface area contributed by atoms with Crippen LogP contribution in [0.2, 0.25) is 5.02 Å². The summed E-state index contributed by atoms with van der Waals surface area (Å²) in [5, 5.41) is 25.0. The van der Waals surface area contributed by atoms with Crippen LogP contribution in [0.4, 0.5) is 25.8 Å².